The van der Waals surface area contributed by atoms with Crippen molar-refractivity contribution >= 4 is 5.91 Å². The summed E-state index contributed by atoms with van der Waals surface area (Å²) in [6.45, 7) is 3.58. The van der Waals surface area contributed by atoms with Gasteiger partial charge in [0.1, 0.15) is 11.6 Å². The molecule has 0 spiro atoms. The van der Waals surface area contributed by atoms with Crippen LogP contribution in [0.5, 0.6) is 5.75 Å². The molecule has 0 radical (unpaired) electrons. The Bertz CT molecular complexity index is 583. The molecule has 0 heterocycles. The van der Waals surface area contributed by atoms with E-state index in [-0.39, 0.29) is 17.8 Å². The molecule has 2 atom stereocenters. The molecule has 110 valence electrons. The number of nitrogens with one attached hydrogen (secondary N) is 1. The Hall–Kier alpha value is -2.36. The van der Waals surface area contributed by atoms with Crippen LogP contribution in [0.2, 0.25) is 0 Å². The second kappa shape index (κ2) is 6.88. The monoisotopic (exact) mass is 287 g/mol. The number of rotatable bonds is 5. The number of carbonyl (C=O) groups is 1. The number of hydrogen-bond acceptors (Lipinski definition) is 2. The topological polar surface area (TPSA) is 38.3 Å². The summed E-state index contributed by atoms with van der Waals surface area (Å²) in [6, 6.07) is 15.2. The SMILES string of the molecule is C[C@H](Oc1ccc(F)cc1)C(=O)N[C@@H](C)c1ccccc1. The van der Waals surface area contributed by atoms with Crippen molar-refractivity contribution in [3.8, 4) is 5.75 Å². The van der Waals surface area contributed by atoms with Gasteiger partial charge in [0.25, 0.3) is 5.91 Å². The Labute approximate surface area is 123 Å². The summed E-state index contributed by atoms with van der Waals surface area (Å²) in [5.74, 6) is -0.0840. The zero-order valence-electron chi connectivity index (χ0n) is 12.0. The van der Waals surface area contributed by atoms with E-state index in [2.05, 4.69) is 5.32 Å². The predicted molar refractivity (Wildman–Crippen MR) is 79.5 cm³/mol. The highest BCUT2D eigenvalue weighted by atomic mass is 19.1. The molecule has 0 saturated heterocycles. The van der Waals surface area contributed by atoms with E-state index in [1.54, 1.807) is 6.92 Å². The van der Waals surface area contributed by atoms with Gasteiger partial charge in [-0.25, -0.2) is 4.39 Å². The minimum atomic E-state index is -0.651. The zero-order valence-corrected chi connectivity index (χ0v) is 12.0. The number of hydrogen-bond donors (Lipinski definition) is 1. The lowest BCUT2D eigenvalue weighted by Crippen LogP contribution is -2.37. The maximum Gasteiger partial charge on any atom is 0.261 e. The summed E-state index contributed by atoms with van der Waals surface area (Å²) in [4.78, 5) is 12.1. The number of amides is 1. The quantitative estimate of drug-likeness (QED) is 0.914. The lowest BCUT2D eigenvalue weighted by atomic mass is 10.1. The molecule has 0 bridgehead atoms. The summed E-state index contributed by atoms with van der Waals surface area (Å²) in [6.07, 6.45) is -0.651. The van der Waals surface area contributed by atoms with Crippen molar-refractivity contribution in [1.82, 2.24) is 5.32 Å². The van der Waals surface area contributed by atoms with Gasteiger partial charge >= 0.3 is 0 Å². The van der Waals surface area contributed by atoms with Gasteiger partial charge < -0.3 is 10.1 Å². The minimum Gasteiger partial charge on any atom is -0.481 e. The largest absolute Gasteiger partial charge is 0.481 e. The maximum absolute atomic E-state index is 12.8. The molecule has 0 aliphatic carbocycles. The molecular weight excluding hydrogens is 269 g/mol. The van der Waals surface area contributed by atoms with E-state index in [0.29, 0.717) is 5.75 Å². The fourth-order valence-electron chi connectivity index (χ4n) is 1.93. The molecule has 0 saturated carbocycles. The van der Waals surface area contributed by atoms with Crippen molar-refractivity contribution in [2.75, 3.05) is 0 Å². The maximum atomic E-state index is 12.8. The van der Waals surface area contributed by atoms with Gasteiger partial charge in [-0.1, -0.05) is 30.3 Å². The van der Waals surface area contributed by atoms with Crippen LogP contribution in [0.15, 0.2) is 54.6 Å². The molecule has 2 aromatic rings. The van der Waals surface area contributed by atoms with Crippen molar-refractivity contribution in [3.63, 3.8) is 0 Å². The molecule has 2 rings (SSSR count). The average molecular weight is 287 g/mol. The minimum absolute atomic E-state index is 0.0991. The molecule has 4 heteroatoms. The van der Waals surface area contributed by atoms with E-state index in [0.717, 1.165) is 5.56 Å². The summed E-state index contributed by atoms with van der Waals surface area (Å²) in [5.41, 5.74) is 1.03. The standard InChI is InChI=1S/C17H18FNO2/c1-12(14-6-4-3-5-7-14)19-17(20)13(2)21-16-10-8-15(18)9-11-16/h3-13H,1-2H3,(H,19,20)/t12-,13-/m0/s1. The van der Waals surface area contributed by atoms with Crippen LogP contribution >= 0.6 is 0 Å². The van der Waals surface area contributed by atoms with Crippen molar-refractivity contribution in [1.29, 1.82) is 0 Å². The van der Waals surface area contributed by atoms with Crippen LogP contribution in [0.1, 0.15) is 25.5 Å². The lowest BCUT2D eigenvalue weighted by molar-refractivity contribution is -0.127. The van der Waals surface area contributed by atoms with Crippen molar-refractivity contribution < 1.29 is 13.9 Å². The molecule has 0 aliphatic rings. The molecular formula is C17H18FNO2. The van der Waals surface area contributed by atoms with Crippen LogP contribution in [0.3, 0.4) is 0 Å². The zero-order chi connectivity index (χ0) is 15.2. The molecule has 2 aromatic carbocycles. The third-order valence-electron chi connectivity index (χ3n) is 3.15. The number of ether oxygens (including phenoxy) is 1. The van der Waals surface area contributed by atoms with Gasteiger partial charge in [-0.2, -0.15) is 0 Å². The van der Waals surface area contributed by atoms with Gasteiger partial charge in [-0.05, 0) is 43.7 Å². The van der Waals surface area contributed by atoms with E-state index >= 15 is 0 Å². The first-order valence-corrected chi connectivity index (χ1v) is 6.84. The van der Waals surface area contributed by atoms with Gasteiger partial charge in [0.05, 0.1) is 6.04 Å². The molecule has 1 N–H and O–H groups in total. The molecule has 0 fully saturated rings. The Kier molecular flexibility index (Phi) is 4.93. The fraction of sp³-hybridized carbons (Fsp3) is 0.235. The first kappa shape index (κ1) is 15.0. The first-order chi connectivity index (χ1) is 10.1. The van der Waals surface area contributed by atoms with Gasteiger partial charge in [-0.3, -0.25) is 4.79 Å². The van der Waals surface area contributed by atoms with E-state index in [4.69, 9.17) is 4.74 Å². The Morgan fingerprint density at radius 1 is 1.05 bits per heavy atom. The van der Waals surface area contributed by atoms with E-state index < -0.39 is 6.10 Å². The van der Waals surface area contributed by atoms with Crippen LogP contribution in [0.25, 0.3) is 0 Å². The fourth-order valence-corrected chi connectivity index (χ4v) is 1.93. The number of benzene rings is 2. The van der Waals surface area contributed by atoms with Crippen molar-refractivity contribution in [3.05, 3.63) is 66.0 Å². The van der Waals surface area contributed by atoms with Crippen LogP contribution in [0.4, 0.5) is 4.39 Å². The molecule has 0 aromatic heterocycles. The molecule has 3 nitrogen and oxygen atoms in total. The molecule has 1 amide bonds. The molecule has 21 heavy (non-hydrogen) atoms. The third-order valence-corrected chi connectivity index (χ3v) is 3.15. The van der Waals surface area contributed by atoms with Gasteiger partial charge in [0, 0.05) is 0 Å². The Morgan fingerprint density at radius 3 is 2.29 bits per heavy atom. The van der Waals surface area contributed by atoms with Crippen LogP contribution in [0, 0.1) is 5.82 Å². The normalized spacial score (nSPS) is 13.3. The smallest absolute Gasteiger partial charge is 0.261 e. The number of carbonyl (C=O) groups excluding carboxylic acids is 1. The average Bonchev–Trinajstić information content (AvgIpc) is 2.50. The number of halogens is 1. The highest BCUT2D eigenvalue weighted by Gasteiger charge is 2.17. The van der Waals surface area contributed by atoms with Crippen LogP contribution < -0.4 is 10.1 Å². The lowest BCUT2D eigenvalue weighted by Gasteiger charge is -2.19. The summed E-state index contributed by atoms with van der Waals surface area (Å²) in [7, 11) is 0. The van der Waals surface area contributed by atoms with E-state index in [9.17, 15) is 9.18 Å². The Balaban J connectivity index is 1.92. The Morgan fingerprint density at radius 2 is 1.67 bits per heavy atom. The van der Waals surface area contributed by atoms with Crippen molar-refractivity contribution in [2.45, 2.75) is 26.0 Å². The first-order valence-electron chi connectivity index (χ1n) is 6.84. The highest BCUT2D eigenvalue weighted by Crippen LogP contribution is 2.15. The van der Waals surface area contributed by atoms with Gasteiger partial charge in [0.2, 0.25) is 0 Å². The van der Waals surface area contributed by atoms with Gasteiger partial charge in [-0.15, -0.1) is 0 Å². The van der Waals surface area contributed by atoms with Crippen molar-refractivity contribution in [2.24, 2.45) is 0 Å². The van der Waals surface area contributed by atoms with Crippen LogP contribution in [-0.4, -0.2) is 12.0 Å². The van der Waals surface area contributed by atoms with E-state index in [1.165, 1.54) is 24.3 Å². The second-order valence-electron chi connectivity index (χ2n) is 4.85. The highest BCUT2D eigenvalue weighted by molar-refractivity contribution is 5.81. The summed E-state index contributed by atoms with van der Waals surface area (Å²) < 4.78 is 18.3. The third kappa shape index (κ3) is 4.31. The van der Waals surface area contributed by atoms with Gasteiger partial charge in [0.15, 0.2) is 6.10 Å². The summed E-state index contributed by atoms with van der Waals surface area (Å²) >= 11 is 0. The second-order valence-corrected chi connectivity index (χ2v) is 4.85. The predicted octanol–water partition coefficient (Wildman–Crippen LogP) is 3.47. The van der Waals surface area contributed by atoms with Crippen LogP contribution in [-0.2, 0) is 4.79 Å². The summed E-state index contributed by atoms with van der Waals surface area (Å²) in [5, 5.41) is 2.89. The molecule has 0 unspecified atom stereocenters. The molecule has 0 aliphatic heterocycles. The van der Waals surface area contributed by atoms with E-state index in [1.807, 2.05) is 37.3 Å².